The van der Waals surface area contributed by atoms with Crippen LogP contribution in [0.15, 0.2) is 24.3 Å². The molecule has 3 nitrogen and oxygen atoms in total. The summed E-state index contributed by atoms with van der Waals surface area (Å²) in [7, 11) is 0. The summed E-state index contributed by atoms with van der Waals surface area (Å²) < 4.78 is 19.0. The van der Waals surface area contributed by atoms with Crippen molar-refractivity contribution in [2.45, 2.75) is 18.7 Å². The molecule has 0 saturated carbocycles. The van der Waals surface area contributed by atoms with Crippen LogP contribution < -0.4 is 10.1 Å². The normalized spacial score (nSPS) is 24.8. The third-order valence-corrected chi connectivity index (χ3v) is 2.60. The van der Waals surface area contributed by atoms with Crippen LogP contribution in [0.4, 0.5) is 4.39 Å². The Morgan fingerprint density at radius 3 is 3.12 bits per heavy atom. The highest BCUT2D eigenvalue weighted by atomic mass is 19.1. The monoisotopic (exact) mass is 220 g/mol. The fourth-order valence-corrected chi connectivity index (χ4v) is 1.74. The van der Waals surface area contributed by atoms with Gasteiger partial charge in [-0.15, -0.1) is 0 Å². The van der Waals surface area contributed by atoms with Gasteiger partial charge >= 0.3 is 0 Å². The number of piperidine rings is 1. The molecule has 0 radical (unpaired) electrons. The highest BCUT2D eigenvalue weighted by Crippen LogP contribution is 2.19. The van der Waals surface area contributed by atoms with Crippen molar-refractivity contribution < 1.29 is 9.13 Å². The second kappa shape index (κ2) is 4.95. The molecule has 1 aliphatic heterocycles. The first-order chi connectivity index (χ1) is 7.79. The topological polar surface area (TPSA) is 45.0 Å². The Kier molecular flexibility index (Phi) is 3.37. The van der Waals surface area contributed by atoms with Crippen LogP contribution in [-0.2, 0) is 0 Å². The zero-order valence-corrected chi connectivity index (χ0v) is 8.82. The Morgan fingerprint density at radius 1 is 1.50 bits per heavy atom. The predicted octanol–water partition coefficient (Wildman–Crippen LogP) is 1.64. The van der Waals surface area contributed by atoms with Gasteiger partial charge in [-0.3, -0.25) is 0 Å². The number of rotatable bonds is 2. The fourth-order valence-electron chi connectivity index (χ4n) is 1.74. The van der Waals surface area contributed by atoms with Gasteiger partial charge in [-0.2, -0.15) is 5.26 Å². The predicted molar refractivity (Wildman–Crippen MR) is 58.0 cm³/mol. The average molecular weight is 220 g/mol. The molecule has 84 valence electrons. The Bertz CT molecular complexity index is 402. The highest BCUT2D eigenvalue weighted by Gasteiger charge is 2.26. The van der Waals surface area contributed by atoms with E-state index >= 15 is 0 Å². The molecule has 0 aromatic heterocycles. The average Bonchev–Trinajstić information content (AvgIpc) is 2.32. The van der Waals surface area contributed by atoms with E-state index in [0.717, 1.165) is 6.54 Å². The highest BCUT2D eigenvalue weighted by molar-refractivity contribution is 5.36. The van der Waals surface area contributed by atoms with Gasteiger partial charge in [0.1, 0.15) is 18.0 Å². The summed E-state index contributed by atoms with van der Waals surface area (Å²) in [5, 5.41) is 11.7. The zero-order chi connectivity index (χ0) is 11.4. The van der Waals surface area contributed by atoms with E-state index in [1.807, 2.05) is 6.07 Å². The Labute approximate surface area is 93.8 Å². The third-order valence-electron chi connectivity index (χ3n) is 2.60. The first-order valence-electron chi connectivity index (χ1n) is 5.31. The lowest BCUT2D eigenvalue weighted by Gasteiger charge is -2.27. The molecule has 4 heteroatoms. The van der Waals surface area contributed by atoms with E-state index in [0.29, 0.717) is 24.3 Å². The van der Waals surface area contributed by atoms with Gasteiger partial charge in [0.2, 0.25) is 0 Å². The molecule has 1 N–H and O–H groups in total. The third kappa shape index (κ3) is 2.50. The maximum absolute atomic E-state index is 13.5. The number of nitrogens with one attached hydrogen (secondary N) is 1. The minimum atomic E-state index is -0.987. The summed E-state index contributed by atoms with van der Waals surface area (Å²) in [5.74, 6) is 0.564. The standard InChI is InChI=1S/C12H13FN2O/c13-11-8-15-5-4-12(11)16-10-3-1-2-9(6-10)7-14/h1-3,6,11-12,15H,4-5,8H2/t11-,12-/m1/s1. The summed E-state index contributed by atoms with van der Waals surface area (Å²) >= 11 is 0. The molecule has 2 atom stereocenters. The van der Waals surface area contributed by atoms with Crippen molar-refractivity contribution in [3.63, 3.8) is 0 Å². The molecular formula is C12H13FN2O. The summed E-state index contributed by atoms with van der Waals surface area (Å²) in [6.07, 6.45) is -0.743. The molecule has 0 amide bonds. The van der Waals surface area contributed by atoms with Crippen LogP contribution in [0.1, 0.15) is 12.0 Å². The van der Waals surface area contributed by atoms with Gasteiger partial charge in [-0.1, -0.05) is 6.07 Å². The van der Waals surface area contributed by atoms with Crippen LogP contribution in [0.5, 0.6) is 5.75 Å². The Morgan fingerprint density at radius 2 is 2.38 bits per heavy atom. The van der Waals surface area contributed by atoms with E-state index in [-0.39, 0.29) is 0 Å². The van der Waals surface area contributed by atoms with E-state index < -0.39 is 12.3 Å². The lowest BCUT2D eigenvalue weighted by atomic mass is 10.1. The summed E-state index contributed by atoms with van der Waals surface area (Å²) in [6, 6.07) is 8.84. The maximum atomic E-state index is 13.5. The molecule has 0 unspecified atom stereocenters. The Hall–Kier alpha value is -1.60. The smallest absolute Gasteiger partial charge is 0.149 e. The quantitative estimate of drug-likeness (QED) is 0.824. The number of benzene rings is 1. The molecule has 16 heavy (non-hydrogen) atoms. The molecule has 0 aliphatic carbocycles. The lowest BCUT2D eigenvalue weighted by molar-refractivity contribution is 0.0731. The van der Waals surface area contributed by atoms with Crippen LogP contribution in [0.25, 0.3) is 0 Å². The zero-order valence-electron chi connectivity index (χ0n) is 8.82. The van der Waals surface area contributed by atoms with Gasteiger partial charge in [-0.25, -0.2) is 4.39 Å². The van der Waals surface area contributed by atoms with Crippen LogP contribution in [0.2, 0.25) is 0 Å². The summed E-state index contributed by atoms with van der Waals surface area (Å²) in [4.78, 5) is 0. The number of nitriles is 1. The lowest BCUT2D eigenvalue weighted by Crippen LogP contribution is -2.44. The van der Waals surface area contributed by atoms with E-state index in [2.05, 4.69) is 5.32 Å². The van der Waals surface area contributed by atoms with Crippen molar-refractivity contribution in [2.75, 3.05) is 13.1 Å². The van der Waals surface area contributed by atoms with Crippen molar-refractivity contribution in [3.8, 4) is 11.8 Å². The number of hydrogen-bond acceptors (Lipinski definition) is 3. The minimum absolute atomic E-state index is 0.336. The molecule has 1 heterocycles. The molecule has 0 bridgehead atoms. The number of hydrogen-bond donors (Lipinski definition) is 1. The van der Waals surface area contributed by atoms with Gasteiger partial charge in [0, 0.05) is 6.54 Å². The number of alkyl halides is 1. The number of nitrogens with zero attached hydrogens (tertiary/aromatic N) is 1. The van der Waals surface area contributed by atoms with E-state index in [1.165, 1.54) is 0 Å². The summed E-state index contributed by atoms with van der Waals surface area (Å²) in [5.41, 5.74) is 0.529. The summed E-state index contributed by atoms with van der Waals surface area (Å²) in [6.45, 7) is 1.10. The maximum Gasteiger partial charge on any atom is 0.149 e. The number of ether oxygens (including phenoxy) is 1. The van der Waals surface area contributed by atoms with Crippen molar-refractivity contribution in [3.05, 3.63) is 29.8 Å². The van der Waals surface area contributed by atoms with Crippen LogP contribution in [0, 0.1) is 11.3 Å². The van der Waals surface area contributed by atoms with Crippen LogP contribution >= 0.6 is 0 Å². The minimum Gasteiger partial charge on any atom is -0.487 e. The first kappa shape index (κ1) is 10.9. The molecule has 2 rings (SSSR count). The molecule has 1 aromatic rings. The largest absolute Gasteiger partial charge is 0.487 e. The van der Waals surface area contributed by atoms with Crippen molar-refractivity contribution in [2.24, 2.45) is 0 Å². The van der Waals surface area contributed by atoms with Gasteiger partial charge in [0.15, 0.2) is 0 Å². The second-order valence-corrected chi connectivity index (χ2v) is 3.80. The Balaban J connectivity index is 2.05. The molecule has 0 spiro atoms. The van der Waals surface area contributed by atoms with Crippen molar-refractivity contribution in [1.29, 1.82) is 5.26 Å². The molecular weight excluding hydrogens is 207 g/mol. The van der Waals surface area contributed by atoms with Crippen LogP contribution in [-0.4, -0.2) is 25.4 Å². The van der Waals surface area contributed by atoms with Gasteiger partial charge in [-0.05, 0) is 31.2 Å². The van der Waals surface area contributed by atoms with E-state index in [9.17, 15) is 4.39 Å². The van der Waals surface area contributed by atoms with Crippen LogP contribution in [0.3, 0.4) is 0 Å². The van der Waals surface area contributed by atoms with Gasteiger partial charge in [0.05, 0.1) is 11.6 Å². The molecule has 1 fully saturated rings. The van der Waals surface area contributed by atoms with E-state index in [1.54, 1.807) is 24.3 Å². The SMILES string of the molecule is N#Cc1cccc(O[C@@H]2CCNC[C@H]2F)c1. The first-order valence-corrected chi connectivity index (χ1v) is 5.31. The van der Waals surface area contributed by atoms with E-state index in [4.69, 9.17) is 10.00 Å². The van der Waals surface area contributed by atoms with Gasteiger partial charge < -0.3 is 10.1 Å². The van der Waals surface area contributed by atoms with Crippen molar-refractivity contribution >= 4 is 0 Å². The molecule has 1 saturated heterocycles. The van der Waals surface area contributed by atoms with Gasteiger partial charge in [0.25, 0.3) is 0 Å². The molecule has 1 aliphatic rings. The van der Waals surface area contributed by atoms with Crippen molar-refractivity contribution in [1.82, 2.24) is 5.32 Å². The fraction of sp³-hybridized carbons (Fsp3) is 0.417. The molecule has 1 aromatic carbocycles. The second-order valence-electron chi connectivity index (χ2n) is 3.80. The number of halogens is 1.